The maximum absolute atomic E-state index is 2.38. The molecule has 50 heavy (non-hydrogen) atoms. The fraction of sp³-hybridized carbons (Fsp3) is 0.102. The SMILES string of the molecule is C/C=C(\C=C/Cc1ccccc1)N(c1ccc(C2=CCCC=C2)cc1)c1ccc(C2(c3ccccc3)c3ccccc3-c3ccccc32)cc1. The van der Waals surface area contributed by atoms with Crippen LogP contribution in [-0.4, -0.2) is 0 Å². The second kappa shape index (κ2) is 13.9. The average molecular weight is 644 g/mol. The normalized spacial score (nSPS) is 14.7. The molecule has 1 heteroatoms. The van der Waals surface area contributed by atoms with E-state index in [-0.39, 0.29) is 0 Å². The van der Waals surface area contributed by atoms with E-state index in [0.29, 0.717) is 0 Å². The Morgan fingerprint density at radius 1 is 0.600 bits per heavy atom. The van der Waals surface area contributed by atoms with Crippen molar-refractivity contribution in [3.63, 3.8) is 0 Å². The molecule has 0 N–H and O–H groups in total. The first-order valence-electron chi connectivity index (χ1n) is 17.8. The lowest BCUT2D eigenvalue weighted by molar-refractivity contribution is 0.768. The monoisotopic (exact) mass is 643 g/mol. The van der Waals surface area contributed by atoms with E-state index >= 15 is 0 Å². The summed E-state index contributed by atoms with van der Waals surface area (Å²) < 4.78 is 0. The van der Waals surface area contributed by atoms with Gasteiger partial charge >= 0.3 is 0 Å². The Morgan fingerprint density at radius 3 is 1.76 bits per heavy atom. The molecule has 242 valence electrons. The summed E-state index contributed by atoms with van der Waals surface area (Å²) in [5.74, 6) is 0. The largest absolute Gasteiger partial charge is 0.311 e. The molecule has 0 saturated heterocycles. The first-order valence-corrected chi connectivity index (χ1v) is 17.8. The van der Waals surface area contributed by atoms with Crippen LogP contribution in [0, 0.1) is 0 Å². The molecule has 0 radical (unpaired) electrons. The van der Waals surface area contributed by atoms with Gasteiger partial charge in [0.05, 0.1) is 5.41 Å². The van der Waals surface area contributed by atoms with Gasteiger partial charge < -0.3 is 4.90 Å². The second-order valence-electron chi connectivity index (χ2n) is 13.1. The van der Waals surface area contributed by atoms with Crippen LogP contribution in [0.15, 0.2) is 200 Å². The highest BCUT2D eigenvalue weighted by Gasteiger charge is 2.45. The molecule has 0 bridgehead atoms. The minimum atomic E-state index is -0.417. The molecule has 6 aromatic rings. The third-order valence-electron chi connectivity index (χ3n) is 10.2. The van der Waals surface area contributed by atoms with E-state index in [4.69, 9.17) is 0 Å². The zero-order chi connectivity index (χ0) is 33.8. The Labute approximate surface area is 296 Å². The first kappa shape index (κ1) is 31.4. The molecule has 0 saturated carbocycles. The molecule has 0 heterocycles. The summed E-state index contributed by atoms with van der Waals surface area (Å²) in [6, 6.07) is 57.9. The zero-order valence-corrected chi connectivity index (χ0v) is 28.5. The molecule has 0 aromatic heterocycles. The van der Waals surface area contributed by atoms with Gasteiger partial charge in [-0.2, -0.15) is 0 Å². The molecule has 0 unspecified atom stereocenters. The molecule has 2 aliphatic rings. The van der Waals surface area contributed by atoms with Crippen molar-refractivity contribution < 1.29 is 0 Å². The predicted molar refractivity (Wildman–Crippen MR) is 212 cm³/mol. The highest BCUT2D eigenvalue weighted by molar-refractivity contribution is 5.86. The molecule has 0 spiro atoms. The Balaban J connectivity index is 1.23. The van der Waals surface area contributed by atoms with E-state index in [1.54, 1.807) is 0 Å². The van der Waals surface area contributed by atoms with E-state index in [9.17, 15) is 0 Å². The van der Waals surface area contributed by atoms with E-state index < -0.39 is 5.41 Å². The summed E-state index contributed by atoms with van der Waals surface area (Å²) >= 11 is 0. The maximum Gasteiger partial charge on any atom is 0.0713 e. The maximum atomic E-state index is 2.38. The van der Waals surface area contributed by atoms with Gasteiger partial charge in [0.25, 0.3) is 0 Å². The number of hydrogen-bond donors (Lipinski definition) is 0. The number of fused-ring (bicyclic) bond motifs is 3. The van der Waals surface area contributed by atoms with Crippen molar-refractivity contribution in [2.75, 3.05) is 4.90 Å². The Bertz CT molecular complexity index is 2170. The van der Waals surface area contributed by atoms with Gasteiger partial charge in [-0.25, -0.2) is 0 Å². The Hall–Kier alpha value is -5.92. The molecule has 0 atom stereocenters. The third-order valence-corrected chi connectivity index (χ3v) is 10.2. The van der Waals surface area contributed by atoms with Crippen molar-refractivity contribution in [1.29, 1.82) is 0 Å². The van der Waals surface area contributed by atoms with Gasteiger partial charge in [-0.1, -0.05) is 164 Å². The van der Waals surface area contributed by atoms with E-state index in [0.717, 1.165) is 36.3 Å². The topological polar surface area (TPSA) is 3.24 Å². The number of rotatable bonds is 9. The quantitative estimate of drug-likeness (QED) is 0.142. The van der Waals surface area contributed by atoms with Crippen LogP contribution in [0.5, 0.6) is 0 Å². The fourth-order valence-electron chi connectivity index (χ4n) is 7.88. The summed E-state index contributed by atoms with van der Waals surface area (Å²) in [7, 11) is 0. The van der Waals surface area contributed by atoms with Gasteiger partial charge in [0.2, 0.25) is 0 Å². The summed E-state index contributed by atoms with van der Waals surface area (Å²) in [5, 5.41) is 0. The van der Waals surface area contributed by atoms with Crippen LogP contribution >= 0.6 is 0 Å². The molecule has 2 aliphatic carbocycles. The number of allylic oxidation sites excluding steroid dienone is 7. The Kier molecular flexibility index (Phi) is 8.72. The lowest BCUT2D eigenvalue weighted by Gasteiger charge is -2.34. The van der Waals surface area contributed by atoms with Gasteiger partial charge in [0.15, 0.2) is 0 Å². The number of anilines is 2. The van der Waals surface area contributed by atoms with E-state index in [2.05, 4.69) is 206 Å². The van der Waals surface area contributed by atoms with Gasteiger partial charge in [-0.05, 0) is 107 Å². The van der Waals surface area contributed by atoms with Crippen LogP contribution in [0.2, 0.25) is 0 Å². The van der Waals surface area contributed by atoms with Crippen molar-refractivity contribution >= 4 is 16.9 Å². The summed E-state index contributed by atoms with van der Waals surface area (Å²) in [6.45, 7) is 2.13. The van der Waals surface area contributed by atoms with Crippen molar-refractivity contribution in [1.82, 2.24) is 0 Å². The number of benzene rings is 6. The molecule has 1 nitrogen and oxygen atoms in total. The molecule has 0 amide bonds. The lowest BCUT2D eigenvalue weighted by Crippen LogP contribution is -2.28. The van der Waals surface area contributed by atoms with Crippen LogP contribution in [0.4, 0.5) is 11.4 Å². The minimum Gasteiger partial charge on any atom is -0.311 e. The van der Waals surface area contributed by atoms with E-state index in [1.807, 2.05) is 0 Å². The minimum absolute atomic E-state index is 0.417. The molecule has 0 aliphatic heterocycles. The highest BCUT2D eigenvalue weighted by Crippen LogP contribution is 2.56. The van der Waals surface area contributed by atoms with Crippen LogP contribution in [0.3, 0.4) is 0 Å². The van der Waals surface area contributed by atoms with Gasteiger partial charge in [-0.3, -0.25) is 0 Å². The van der Waals surface area contributed by atoms with Crippen LogP contribution in [0.1, 0.15) is 53.1 Å². The smallest absolute Gasteiger partial charge is 0.0713 e. The summed E-state index contributed by atoms with van der Waals surface area (Å²) in [6.07, 6.45) is 16.7. The van der Waals surface area contributed by atoms with Crippen molar-refractivity contribution in [2.24, 2.45) is 0 Å². The van der Waals surface area contributed by atoms with Crippen molar-refractivity contribution in [3.8, 4) is 11.1 Å². The first-order chi connectivity index (χ1) is 24.8. The highest BCUT2D eigenvalue weighted by atomic mass is 15.1. The van der Waals surface area contributed by atoms with Crippen LogP contribution < -0.4 is 4.90 Å². The fourth-order valence-corrected chi connectivity index (χ4v) is 7.88. The number of hydrogen-bond acceptors (Lipinski definition) is 1. The summed E-state index contributed by atoms with van der Waals surface area (Å²) in [4.78, 5) is 2.38. The lowest BCUT2D eigenvalue weighted by atomic mass is 9.68. The van der Waals surface area contributed by atoms with Crippen molar-refractivity contribution in [2.45, 2.75) is 31.6 Å². The predicted octanol–water partition coefficient (Wildman–Crippen LogP) is 12.6. The molecule has 8 rings (SSSR count). The average Bonchev–Trinajstić information content (AvgIpc) is 3.50. The molecule has 6 aromatic carbocycles. The van der Waals surface area contributed by atoms with Crippen LogP contribution in [-0.2, 0) is 11.8 Å². The molecule has 0 fully saturated rings. The van der Waals surface area contributed by atoms with Gasteiger partial charge in [0.1, 0.15) is 0 Å². The Morgan fingerprint density at radius 2 is 1.16 bits per heavy atom. The molecular formula is C49H41N. The third kappa shape index (κ3) is 5.65. The van der Waals surface area contributed by atoms with E-state index in [1.165, 1.54) is 50.1 Å². The number of nitrogens with zero attached hydrogens (tertiary/aromatic N) is 1. The zero-order valence-electron chi connectivity index (χ0n) is 28.5. The van der Waals surface area contributed by atoms with Gasteiger partial charge in [0, 0.05) is 17.1 Å². The van der Waals surface area contributed by atoms with Crippen molar-refractivity contribution in [3.05, 3.63) is 233 Å². The summed E-state index contributed by atoms with van der Waals surface area (Å²) in [5.41, 5.74) is 14.6. The standard InChI is InChI=1S/C49H41N/c1-2-42(24-16-19-37-17-6-3-7-18-37)50(43-33-29-39(30-34-43)38-20-8-4-9-21-38)44-35-31-41(32-36-44)49(40-22-10-5-11-23-40)47-27-14-12-25-45(47)46-26-13-15-28-48(46)49/h2-3,5-8,10-18,20-36H,4,9,19H2,1H3/b24-16-,42-2+. The molecular weight excluding hydrogens is 603 g/mol. The van der Waals surface area contributed by atoms with Crippen LogP contribution in [0.25, 0.3) is 16.7 Å². The van der Waals surface area contributed by atoms with Gasteiger partial charge in [-0.15, -0.1) is 0 Å². The second-order valence-corrected chi connectivity index (χ2v) is 13.1.